The van der Waals surface area contributed by atoms with E-state index in [4.69, 9.17) is 10.5 Å². The summed E-state index contributed by atoms with van der Waals surface area (Å²) in [5.41, 5.74) is 4.13. The van der Waals surface area contributed by atoms with E-state index in [0.29, 0.717) is 19.5 Å². The third-order valence-electron chi connectivity index (χ3n) is 3.13. The highest BCUT2D eigenvalue weighted by Crippen LogP contribution is 2.23. The molecule has 1 rings (SSSR count). The SMILES string of the molecule is CCNC1(C(N)=O)CCCN(C(=O)OC(C)(C)C)C1. The molecule has 6 nitrogen and oxygen atoms in total. The van der Waals surface area contributed by atoms with E-state index >= 15 is 0 Å². The summed E-state index contributed by atoms with van der Waals surface area (Å²) in [5.74, 6) is -0.414. The van der Waals surface area contributed by atoms with Crippen LogP contribution in [-0.4, -0.2) is 47.7 Å². The second-order valence-electron chi connectivity index (χ2n) is 5.98. The first-order valence-corrected chi connectivity index (χ1v) is 6.73. The number of amides is 2. The van der Waals surface area contributed by atoms with E-state index < -0.39 is 23.1 Å². The predicted octanol–water partition coefficient (Wildman–Crippen LogP) is 0.851. The molecule has 0 spiro atoms. The fraction of sp³-hybridized carbons (Fsp3) is 0.846. The number of hydrogen-bond donors (Lipinski definition) is 2. The fourth-order valence-corrected chi connectivity index (χ4v) is 2.31. The molecule has 0 radical (unpaired) electrons. The molecule has 1 unspecified atom stereocenters. The number of nitrogens with zero attached hydrogens (tertiary/aromatic N) is 1. The van der Waals surface area contributed by atoms with Crippen molar-refractivity contribution in [1.29, 1.82) is 0 Å². The number of carbonyl (C=O) groups excluding carboxylic acids is 2. The zero-order valence-electron chi connectivity index (χ0n) is 12.3. The lowest BCUT2D eigenvalue weighted by molar-refractivity contribution is -0.126. The molecule has 1 saturated heterocycles. The zero-order chi connectivity index (χ0) is 14.7. The van der Waals surface area contributed by atoms with E-state index in [1.807, 2.05) is 27.7 Å². The van der Waals surface area contributed by atoms with Crippen molar-refractivity contribution < 1.29 is 14.3 Å². The number of likely N-dealkylation sites (N-methyl/N-ethyl adjacent to an activating group) is 1. The maximum Gasteiger partial charge on any atom is 0.410 e. The van der Waals surface area contributed by atoms with Gasteiger partial charge in [-0.2, -0.15) is 0 Å². The first kappa shape index (κ1) is 15.8. The highest BCUT2D eigenvalue weighted by atomic mass is 16.6. The third-order valence-corrected chi connectivity index (χ3v) is 3.13. The summed E-state index contributed by atoms with van der Waals surface area (Å²) in [6.07, 6.45) is 0.987. The summed E-state index contributed by atoms with van der Waals surface area (Å²) < 4.78 is 5.34. The van der Waals surface area contributed by atoms with E-state index in [2.05, 4.69) is 5.32 Å². The van der Waals surface area contributed by atoms with Crippen LogP contribution in [0.4, 0.5) is 4.79 Å². The van der Waals surface area contributed by atoms with Gasteiger partial charge in [-0.3, -0.25) is 4.79 Å². The van der Waals surface area contributed by atoms with Crippen molar-refractivity contribution in [1.82, 2.24) is 10.2 Å². The van der Waals surface area contributed by atoms with Gasteiger partial charge in [0.2, 0.25) is 5.91 Å². The number of likely N-dealkylation sites (tertiary alicyclic amines) is 1. The Balaban J connectivity index is 2.77. The largest absolute Gasteiger partial charge is 0.444 e. The first-order chi connectivity index (χ1) is 8.70. The van der Waals surface area contributed by atoms with Crippen molar-refractivity contribution in [2.24, 2.45) is 5.73 Å². The lowest BCUT2D eigenvalue weighted by Crippen LogP contribution is -2.65. The highest BCUT2D eigenvalue weighted by molar-refractivity contribution is 5.86. The van der Waals surface area contributed by atoms with Crippen LogP contribution in [-0.2, 0) is 9.53 Å². The summed E-state index contributed by atoms with van der Waals surface area (Å²) in [6, 6.07) is 0. The standard InChI is InChI=1S/C13H25N3O3/c1-5-15-13(10(14)17)7-6-8-16(9-13)11(18)19-12(2,3)4/h15H,5-9H2,1-4H3,(H2,14,17). The monoisotopic (exact) mass is 271 g/mol. The molecule has 0 aromatic rings. The molecule has 0 bridgehead atoms. The molecule has 2 amide bonds. The average Bonchev–Trinajstić information content (AvgIpc) is 2.27. The molecule has 1 heterocycles. The molecular weight excluding hydrogens is 246 g/mol. The van der Waals surface area contributed by atoms with E-state index in [-0.39, 0.29) is 6.54 Å². The van der Waals surface area contributed by atoms with Gasteiger partial charge in [-0.05, 0) is 40.2 Å². The Bertz CT molecular complexity index is 348. The van der Waals surface area contributed by atoms with Crippen LogP contribution >= 0.6 is 0 Å². The molecule has 1 aliphatic heterocycles. The fourth-order valence-electron chi connectivity index (χ4n) is 2.31. The van der Waals surface area contributed by atoms with Gasteiger partial charge in [0.1, 0.15) is 11.1 Å². The third kappa shape index (κ3) is 4.09. The van der Waals surface area contributed by atoms with Crippen molar-refractivity contribution in [3.63, 3.8) is 0 Å². The van der Waals surface area contributed by atoms with Gasteiger partial charge < -0.3 is 20.7 Å². The molecule has 0 aliphatic carbocycles. The second-order valence-corrected chi connectivity index (χ2v) is 5.98. The first-order valence-electron chi connectivity index (χ1n) is 6.73. The molecule has 6 heteroatoms. The van der Waals surface area contributed by atoms with E-state index in [0.717, 1.165) is 6.42 Å². The number of nitrogens with one attached hydrogen (secondary N) is 1. The van der Waals surface area contributed by atoms with Gasteiger partial charge in [0.05, 0.1) is 6.54 Å². The molecule has 0 aromatic heterocycles. The van der Waals surface area contributed by atoms with E-state index in [9.17, 15) is 9.59 Å². The Morgan fingerprint density at radius 1 is 1.42 bits per heavy atom. The maximum atomic E-state index is 12.1. The lowest BCUT2D eigenvalue weighted by Gasteiger charge is -2.41. The van der Waals surface area contributed by atoms with Crippen molar-refractivity contribution in [2.75, 3.05) is 19.6 Å². The van der Waals surface area contributed by atoms with Crippen molar-refractivity contribution in [3.8, 4) is 0 Å². The quantitative estimate of drug-likeness (QED) is 0.797. The van der Waals surface area contributed by atoms with Crippen LogP contribution in [0.2, 0.25) is 0 Å². The number of primary amides is 1. The molecular formula is C13H25N3O3. The molecule has 110 valence electrons. The Morgan fingerprint density at radius 2 is 2.05 bits per heavy atom. The second kappa shape index (κ2) is 5.77. The molecule has 1 aliphatic rings. The summed E-state index contributed by atoms with van der Waals surface area (Å²) in [6.45, 7) is 8.87. The van der Waals surface area contributed by atoms with Crippen LogP contribution in [0.25, 0.3) is 0 Å². The Labute approximate surface area is 114 Å². The number of carbonyl (C=O) groups is 2. The Morgan fingerprint density at radius 3 is 2.53 bits per heavy atom. The summed E-state index contributed by atoms with van der Waals surface area (Å²) in [5, 5.41) is 3.12. The summed E-state index contributed by atoms with van der Waals surface area (Å²) in [7, 11) is 0. The van der Waals surface area contributed by atoms with Gasteiger partial charge in [0.15, 0.2) is 0 Å². The van der Waals surface area contributed by atoms with Crippen molar-refractivity contribution in [3.05, 3.63) is 0 Å². The van der Waals surface area contributed by atoms with Crippen LogP contribution in [0.3, 0.4) is 0 Å². The average molecular weight is 271 g/mol. The molecule has 1 atom stereocenters. The van der Waals surface area contributed by atoms with Crippen LogP contribution in [0, 0.1) is 0 Å². The van der Waals surface area contributed by atoms with E-state index in [1.54, 1.807) is 4.90 Å². The smallest absolute Gasteiger partial charge is 0.410 e. The van der Waals surface area contributed by atoms with Gasteiger partial charge in [0.25, 0.3) is 0 Å². The van der Waals surface area contributed by atoms with E-state index in [1.165, 1.54) is 0 Å². The van der Waals surface area contributed by atoms with Gasteiger partial charge >= 0.3 is 6.09 Å². The minimum absolute atomic E-state index is 0.269. The predicted molar refractivity (Wildman–Crippen MR) is 72.6 cm³/mol. The van der Waals surface area contributed by atoms with Crippen LogP contribution in [0.15, 0.2) is 0 Å². The molecule has 0 aromatic carbocycles. The molecule has 1 fully saturated rings. The normalized spacial score (nSPS) is 24.1. The number of piperidine rings is 1. The number of rotatable bonds is 3. The van der Waals surface area contributed by atoms with Crippen LogP contribution < -0.4 is 11.1 Å². The van der Waals surface area contributed by atoms with Gasteiger partial charge in [-0.1, -0.05) is 6.92 Å². The maximum absolute atomic E-state index is 12.1. The number of hydrogen-bond acceptors (Lipinski definition) is 4. The van der Waals surface area contributed by atoms with Crippen molar-refractivity contribution in [2.45, 2.75) is 51.7 Å². The van der Waals surface area contributed by atoms with Crippen molar-refractivity contribution >= 4 is 12.0 Å². The summed E-state index contributed by atoms with van der Waals surface area (Å²) in [4.78, 5) is 25.3. The summed E-state index contributed by atoms with van der Waals surface area (Å²) >= 11 is 0. The van der Waals surface area contributed by atoms with Gasteiger partial charge in [-0.25, -0.2) is 4.79 Å². The Hall–Kier alpha value is -1.30. The lowest BCUT2D eigenvalue weighted by atomic mass is 9.88. The minimum atomic E-state index is -0.829. The molecule has 3 N–H and O–H groups in total. The van der Waals surface area contributed by atoms with Gasteiger partial charge in [-0.15, -0.1) is 0 Å². The zero-order valence-corrected chi connectivity index (χ0v) is 12.3. The Kier molecular flexibility index (Phi) is 4.79. The number of nitrogens with two attached hydrogens (primary N) is 1. The highest BCUT2D eigenvalue weighted by Gasteiger charge is 2.42. The van der Waals surface area contributed by atoms with Gasteiger partial charge in [0, 0.05) is 6.54 Å². The molecule has 0 saturated carbocycles. The molecule has 19 heavy (non-hydrogen) atoms. The topological polar surface area (TPSA) is 84.7 Å². The minimum Gasteiger partial charge on any atom is -0.444 e. The number of ether oxygens (including phenoxy) is 1. The van der Waals surface area contributed by atoms with Crippen LogP contribution in [0.1, 0.15) is 40.5 Å². The van der Waals surface area contributed by atoms with Crippen LogP contribution in [0.5, 0.6) is 0 Å².